The van der Waals surface area contributed by atoms with Crippen LogP contribution in [-0.2, 0) is 0 Å². The van der Waals surface area contributed by atoms with Gasteiger partial charge in [-0.15, -0.1) is 0 Å². The Morgan fingerprint density at radius 1 is 1.21 bits per heavy atom. The minimum Gasteiger partial charge on any atom is -0.393 e. The van der Waals surface area contributed by atoms with Crippen LogP contribution in [0.2, 0.25) is 0 Å². The van der Waals surface area contributed by atoms with Crippen molar-refractivity contribution in [2.75, 3.05) is 0 Å². The highest BCUT2D eigenvalue weighted by atomic mass is 16.3. The third-order valence-electron chi connectivity index (χ3n) is 3.70. The van der Waals surface area contributed by atoms with Gasteiger partial charge in [0.1, 0.15) is 0 Å². The summed E-state index contributed by atoms with van der Waals surface area (Å²) in [5, 5.41) is 10.0. The van der Waals surface area contributed by atoms with Crippen molar-refractivity contribution in [3.63, 3.8) is 0 Å². The first-order valence-corrected chi connectivity index (χ1v) is 6.42. The third kappa shape index (κ3) is 4.00. The molecule has 0 aliphatic heterocycles. The van der Waals surface area contributed by atoms with Crippen LogP contribution in [0.15, 0.2) is 0 Å². The van der Waals surface area contributed by atoms with Crippen molar-refractivity contribution < 1.29 is 5.11 Å². The maximum Gasteiger partial charge on any atom is 0.0568 e. The van der Waals surface area contributed by atoms with E-state index in [1.54, 1.807) is 0 Å². The van der Waals surface area contributed by atoms with E-state index in [0.717, 1.165) is 12.3 Å². The molecule has 0 spiro atoms. The topological polar surface area (TPSA) is 20.2 Å². The van der Waals surface area contributed by atoms with Gasteiger partial charge in [0.25, 0.3) is 0 Å². The van der Waals surface area contributed by atoms with Crippen LogP contribution in [-0.4, -0.2) is 11.2 Å². The second-order valence-electron chi connectivity index (χ2n) is 5.07. The van der Waals surface area contributed by atoms with Gasteiger partial charge in [0, 0.05) is 0 Å². The number of aliphatic hydroxyl groups excluding tert-OH is 1. The summed E-state index contributed by atoms with van der Waals surface area (Å²) in [7, 11) is 0. The predicted molar refractivity (Wildman–Crippen MR) is 61.3 cm³/mol. The van der Waals surface area contributed by atoms with E-state index in [0.29, 0.717) is 5.92 Å². The lowest BCUT2D eigenvalue weighted by Crippen LogP contribution is -2.22. The molecule has 0 bridgehead atoms. The van der Waals surface area contributed by atoms with Gasteiger partial charge in [-0.05, 0) is 24.7 Å². The van der Waals surface area contributed by atoms with E-state index in [1.807, 2.05) is 0 Å². The maximum absolute atomic E-state index is 10.0. The minimum absolute atomic E-state index is 0.0435. The fourth-order valence-electron chi connectivity index (χ4n) is 2.64. The Balaban J connectivity index is 2.20. The van der Waals surface area contributed by atoms with Crippen LogP contribution in [0.5, 0.6) is 0 Å². The summed E-state index contributed by atoms with van der Waals surface area (Å²) in [6.45, 7) is 4.39. The summed E-state index contributed by atoms with van der Waals surface area (Å²) in [6, 6.07) is 0. The zero-order chi connectivity index (χ0) is 10.4. The molecule has 1 heteroatoms. The molecule has 14 heavy (non-hydrogen) atoms. The first-order chi connectivity index (χ1) is 6.74. The van der Waals surface area contributed by atoms with Crippen LogP contribution in [0, 0.1) is 11.8 Å². The van der Waals surface area contributed by atoms with Gasteiger partial charge in [-0.3, -0.25) is 0 Å². The molecule has 0 heterocycles. The lowest BCUT2D eigenvalue weighted by atomic mass is 9.82. The first kappa shape index (κ1) is 12.0. The standard InChI is InChI=1S/C13H26O/c1-3-7-11(2)13(14)10-12-8-5-4-6-9-12/h11-14H,3-10H2,1-2H3. The highest BCUT2D eigenvalue weighted by Crippen LogP contribution is 2.29. The van der Waals surface area contributed by atoms with E-state index >= 15 is 0 Å². The summed E-state index contributed by atoms with van der Waals surface area (Å²) < 4.78 is 0. The van der Waals surface area contributed by atoms with Crippen molar-refractivity contribution in [1.82, 2.24) is 0 Å². The second-order valence-corrected chi connectivity index (χ2v) is 5.07. The molecule has 0 aromatic carbocycles. The molecule has 1 saturated carbocycles. The van der Waals surface area contributed by atoms with E-state index < -0.39 is 0 Å². The molecule has 1 aliphatic carbocycles. The average Bonchev–Trinajstić information content (AvgIpc) is 2.19. The van der Waals surface area contributed by atoms with Gasteiger partial charge in [0.2, 0.25) is 0 Å². The number of hydrogen-bond donors (Lipinski definition) is 1. The fourth-order valence-corrected chi connectivity index (χ4v) is 2.64. The van der Waals surface area contributed by atoms with Crippen molar-refractivity contribution in [2.24, 2.45) is 11.8 Å². The summed E-state index contributed by atoms with van der Waals surface area (Å²) in [6.07, 6.45) is 10.3. The third-order valence-corrected chi connectivity index (χ3v) is 3.70. The summed E-state index contributed by atoms with van der Waals surface area (Å²) in [5.41, 5.74) is 0. The molecule has 84 valence electrons. The zero-order valence-electron chi connectivity index (χ0n) is 9.84. The van der Waals surface area contributed by atoms with Gasteiger partial charge in [-0.2, -0.15) is 0 Å². The smallest absolute Gasteiger partial charge is 0.0568 e. The van der Waals surface area contributed by atoms with E-state index in [1.165, 1.54) is 44.9 Å². The second kappa shape index (κ2) is 6.44. The van der Waals surface area contributed by atoms with Crippen molar-refractivity contribution in [1.29, 1.82) is 0 Å². The lowest BCUT2D eigenvalue weighted by Gasteiger charge is -2.26. The Morgan fingerprint density at radius 2 is 1.86 bits per heavy atom. The van der Waals surface area contributed by atoms with Crippen LogP contribution < -0.4 is 0 Å². The van der Waals surface area contributed by atoms with Crippen molar-refractivity contribution >= 4 is 0 Å². The van der Waals surface area contributed by atoms with Crippen LogP contribution in [0.3, 0.4) is 0 Å². The Hall–Kier alpha value is -0.0400. The minimum atomic E-state index is -0.0435. The molecule has 2 unspecified atom stereocenters. The van der Waals surface area contributed by atoms with Crippen LogP contribution >= 0.6 is 0 Å². The van der Waals surface area contributed by atoms with E-state index in [9.17, 15) is 5.11 Å². The van der Waals surface area contributed by atoms with Gasteiger partial charge >= 0.3 is 0 Å². The van der Waals surface area contributed by atoms with Crippen molar-refractivity contribution in [3.05, 3.63) is 0 Å². The van der Waals surface area contributed by atoms with Gasteiger partial charge in [-0.1, -0.05) is 52.4 Å². The average molecular weight is 198 g/mol. The number of aliphatic hydroxyl groups is 1. The van der Waals surface area contributed by atoms with Crippen LogP contribution in [0.4, 0.5) is 0 Å². The molecular formula is C13H26O. The number of hydrogen-bond acceptors (Lipinski definition) is 1. The molecule has 1 N–H and O–H groups in total. The Morgan fingerprint density at radius 3 is 2.43 bits per heavy atom. The Kier molecular flexibility index (Phi) is 5.54. The van der Waals surface area contributed by atoms with Gasteiger partial charge in [0.05, 0.1) is 6.10 Å². The van der Waals surface area contributed by atoms with Crippen LogP contribution in [0.25, 0.3) is 0 Å². The monoisotopic (exact) mass is 198 g/mol. The molecule has 0 aromatic heterocycles. The van der Waals surface area contributed by atoms with E-state index in [-0.39, 0.29) is 6.10 Å². The van der Waals surface area contributed by atoms with Gasteiger partial charge in [-0.25, -0.2) is 0 Å². The molecule has 1 nitrogen and oxygen atoms in total. The normalized spacial score (nSPS) is 23.4. The molecule has 0 aromatic rings. The van der Waals surface area contributed by atoms with Crippen molar-refractivity contribution in [2.45, 2.75) is 71.3 Å². The molecular weight excluding hydrogens is 172 g/mol. The Bertz CT molecular complexity index is 138. The molecule has 0 radical (unpaired) electrons. The molecule has 0 saturated heterocycles. The summed E-state index contributed by atoms with van der Waals surface area (Å²) in [4.78, 5) is 0. The van der Waals surface area contributed by atoms with Crippen molar-refractivity contribution in [3.8, 4) is 0 Å². The maximum atomic E-state index is 10.0. The summed E-state index contributed by atoms with van der Waals surface area (Å²) in [5.74, 6) is 1.32. The zero-order valence-corrected chi connectivity index (χ0v) is 9.84. The first-order valence-electron chi connectivity index (χ1n) is 6.42. The number of rotatable bonds is 5. The quantitative estimate of drug-likeness (QED) is 0.713. The molecule has 1 aliphatic rings. The summed E-state index contributed by atoms with van der Waals surface area (Å²) >= 11 is 0. The molecule has 0 amide bonds. The predicted octanol–water partition coefficient (Wildman–Crippen LogP) is 3.75. The largest absolute Gasteiger partial charge is 0.393 e. The lowest BCUT2D eigenvalue weighted by molar-refractivity contribution is 0.0774. The SMILES string of the molecule is CCCC(C)C(O)CC1CCCCC1. The van der Waals surface area contributed by atoms with Gasteiger partial charge < -0.3 is 5.11 Å². The molecule has 1 rings (SSSR count). The van der Waals surface area contributed by atoms with E-state index in [4.69, 9.17) is 0 Å². The van der Waals surface area contributed by atoms with Gasteiger partial charge in [0.15, 0.2) is 0 Å². The van der Waals surface area contributed by atoms with Crippen LogP contribution in [0.1, 0.15) is 65.2 Å². The fraction of sp³-hybridized carbons (Fsp3) is 1.00. The molecule has 1 fully saturated rings. The molecule has 2 atom stereocenters. The highest BCUT2D eigenvalue weighted by Gasteiger charge is 2.20. The van der Waals surface area contributed by atoms with E-state index in [2.05, 4.69) is 13.8 Å². The highest BCUT2D eigenvalue weighted by molar-refractivity contribution is 4.72. The Labute approximate surface area is 88.9 Å².